The number of hydrazone groups is 1. The average molecular weight is 398 g/mol. The smallest absolute Gasteiger partial charge is 0.335 e. The van der Waals surface area contributed by atoms with Gasteiger partial charge in [0.2, 0.25) is 0 Å². The lowest BCUT2D eigenvalue weighted by Gasteiger charge is -2.07. The molecule has 2 aromatic heterocycles. The molecule has 0 aliphatic heterocycles. The van der Waals surface area contributed by atoms with Crippen molar-refractivity contribution in [3.8, 4) is 11.4 Å². The average Bonchev–Trinajstić information content (AvgIpc) is 3.46. The summed E-state index contributed by atoms with van der Waals surface area (Å²) in [5, 5.41) is 13.2. The molecule has 7 heteroatoms. The lowest BCUT2D eigenvalue weighted by atomic mass is 10.2. The zero-order valence-corrected chi connectivity index (χ0v) is 15.8. The summed E-state index contributed by atoms with van der Waals surface area (Å²) in [5.41, 5.74) is 5.47. The van der Waals surface area contributed by atoms with Gasteiger partial charge in [-0.2, -0.15) is 5.10 Å². The molecule has 0 aliphatic carbocycles. The van der Waals surface area contributed by atoms with Crippen LogP contribution in [0.2, 0.25) is 0 Å². The first kappa shape index (κ1) is 18.9. The topological polar surface area (TPSA) is 88.6 Å². The van der Waals surface area contributed by atoms with Crippen LogP contribution in [0, 0.1) is 0 Å². The molecule has 0 aliphatic rings. The highest BCUT2D eigenvalue weighted by atomic mass is 16.4. The van der Waals surface area contributed by atoms with Gasteiger partial charge in [0.1, 0.15) is 0 Å². The van der Waals surface area contributed by atoms with Crippen molar-refractivity contribution in [3.05, 3.63) is 108 Å². The van der Waals surface area contributed by atoms with Crippen LogP contribution in [-0.2, 0) is 0 Å². The molecule has 0 spiro atoms. The Hall–Kier alpha value is -4.39. The quantitative estimate of drug-likeness (QED) is 0.383. The zero-order valence-electron chi connectivity index (χ0n) is 15.8. The van der Waals surface area contributed by atoms with Gasteiger partial charge in [-0.1, -0.05) is 12.1 Å². The molecular formula is C23H18N4O3. The molecule has 4 rings (SSSR count). The summed E-state index contributed by atoms with van der Waals surface area (Å²) in [7, 11) is 0. The maximum atomic E-state index is 12.5. The summed E-state index contributed by atoms with van der Waals surface area (Å²) < 4.78 is 3.70. The van der Waals surface area contributed by atoms with Gasteiger partial charge < -0.3 is 14.2 Å². The van der Waals surface area contributed by atoms with Crippen molar-refractivity contribution in [2.45, 2.75) is 0 Å². The van der Waals surface area contributed by atoms with Gasteiger partial charge in [-0.05, 0) is 60.7 Å². The normalized spacial score (nSPS) is 10.9. The first-order chi connectivity index (χ1) is 14.6. The van der Waals surface area contributed by atoms with Crippen molar-refractivity contribution in [2.24, 2.45) is 5.10 Å². The fourth-order valence-corrected chi connectivity index (χ4v) is 3.06. The van der Waals surface area contributed by atoms with E-state index in [1.54, 1.807) is 41.1 Å². The Morgan fingerprint density at radius 2 is 1.53 bits per heavy atom. The highest BCUT2D eigenvalue weighted by molar-refractivity contribution is 5.95. The molecule has 0 saturated heterocycles. The van der Waals surface area contributed by atoms with Crippen LogP contribution >= 0.6 is 0 Å². The van der Waals surface area contributed by atoms with Crippen LogP contribution < -0.4 is 5.43 Å². The zero-order chi connectivity index (χ0) is 20.9. The standard InChI is InChI=1S/C23H18N4O3/c28-22(17-6-3-8-19(14-17)26-11-1-2-12-26)25-24-16-21-10-5-13-27(21)20-9-4-7-18(15-20)23(29)30/h1-16H,(H,25,28)(H,29,30)/b24-16+. The van der Waals surface area contributed by atoms with E-state index in [9.17, 15) is 14.7 Å². The minimum absolute atomic E-state index is 0.194. The number of hydrogen-bond acceptors (Lipinski definition) is 3. The van der Waals surface area contributed by atoms with Crippen LogP contribution in [0.15, 0.2) is 96.5 Å². The van der Waals surface area contributed by atoms with Crippen LogP contribution in [-0.4, -0.2) is 32.3 Å². The van der Waals surface area contributed by atoms with Crippen molar-refractivity contribution in [2.75, 3.05) is 0 Å². The number of carbonyl (C=O) groups is 2. The van der Waals surface area contributed by atoms with E-state index in [2.05, 4.69) is 10.5 Å². The summed E-state index contributed by atoms with van der Waals surface area (Å²) in [5.74, 6) is -1.32. The summed E-state index contributed by atoms with van der Waals surface area (Å²) >= 11 is 0. The Kier molecular flexibility index (Phi) is 5.25. The van der Waals surface area contributed by atoms with E-state index in [0.29, 0.717) is 16.9 Å². The maximum absolute atomic E-state index is 12.5. The van der Waals surface area contributed by atoms with Gasteiger partial charge in [-0.15, -0.1) is 0 Å². The highest BCUT2D eigenvalue weighted by Crippen LogP contribution is 2.14. The first-order valence-electron chi connectivity index (χ1n) is 9.20. The monoisotopic (exact) mass is 398 g/mol. The summed E-state index contributed by atoms with van der Waals surface area (Å²) in [6.45, 7) is 0. The molecule has 1 amide bonds. The molecule has 0 radical (unpaired) electrons. The van der Waals surface area contributed by atoms with Gasteiger partial charge in [-0.3, -0.25) is 4.79 Å². The fraction of sp³-hybridized carbons (Fsp3) is 0. The number of hydrogen-bond donors (Lipinski definition) is 2. The van der Waals surface area contributed by atoms with E-state index in [1.807, 2.05) is 53.4 Å². The van der Waals surface area contributed by atoms with Crippen molar-refractivity contribution in [1.82, 2.24) is 14.6 Å². The lowest BCUT2D eigenvalue weighted by molar-refractivity contribution is 0.0696. The van der Waals surface area contributed by atoms with Crippen LogP contribution in [0.5, 0.6) is 0 Å². The van der Waals surface area contributed by atoms with Crippen LogP contribution in [0.4, 0.5) is 0 Å². The van der Waals surface area contributed by atoms with Crippen molar-refractivity contribution >= 4 is 18.1 Å². The summed E-state index contributed by atoms with van der Waals surface area (Å²) in [6, 6.07) is 21.3. The Labute approximate surface area is 172 Å². The second-order valence-corrected chi connectivity index (χ2v) is 6.50. The molecule has 0 atom stereocenters. The van der Waals surface area contributed by atoms with Crippen LogP contribution in [0.25, 0.3) is 11.4 Å². The highest BCUT2D eigenvalue weighted by Gasteiger charge is 2.08. The third kappa shape index (κ3) is 4.05. The molecule has 0 fully saturated rings. The van der Waals surface area contributed by atoms with Crippen molar-refractivity contribution in [1.29, 1.82) is 0 Å². The molecule has 30 heavy (non-hydrogen) atoms. The van der Waals surface area contributed by atoms with E-state index >= 15 is 0 Å². The number of aromatic nitrogens is 2. The van der Waals surface area contributed by atoms with Gasteiger partial charge in [0, 0.05) is 35.5 Å². The minimum atomic E-state index is -0.992. The van der Waals surface area contributed by atoms with Gasteiger partial charge in [-0.25, -0.2) is 10.2 Å². The number of amides is 1. The first-order valence-corrected chi connectivity index (χ1v) is 9.20. The number of nitrogens with zero attached hydrogens (tertiary/aromatic N) is 3. The Bertz CT molecular complexity index is 1220. The van der Waals surface area contributed by atoms with Crippen LogP contribution in [0.3, 0.4) is 0 Å². The Morgan fingerprint density at radius 3 is 2.30 bits per heavy atom. The number of carboxylic acids is 1. The molecule has 4 aromatic rings. The van der Waals surface area contributed by atoms with Gasteiger partial charge in [0.25, 0.3) is 5.91 Å². The lowest BCUT2D eigenvalue weighted by Crippen LogP contribution is -2.18. The predicted octanol–water partition coefficient (Wildman–Crippen LogP) is 3.73. The predicted molar refractivity (Wildman–Crippen MR) is 114 cm³/mol. The van der Waals surface area contributed by atoms with Gasteiger partial charge >= 0.3 is 5.97 Å². The number of nitrogens with one attached hydrogen (secondary N) is 1. The molecule has 7 nitrogen and oxygen atoms in total. The maximum Gasteiger partial charge on any atom is 0.335 e. The third-order valence-electron chi connectivity index (χ3n) is 4.53. The summed E-state index contributed by atoms with van der Waals surface area (Å²) in [4.78, 5) is 23.7. The van der Waals surface area contributed by atoms with Crippen molar-refractivity contribution < 1.29 is 14.7 Å². The van der Waals surface area contributed by atoms with E-state index in [1.165, 1.54) is 12.3 Å². The molecule has 148 valence electrons. The van der Waals surface area contributed by atoms with Crippen molar-refractivity contribution in [3.63, 3.8) is 0 Å². The largest absolute Gasteiger partial charge is 0.478 e. The van der Waals surface area contributed by atoms with Gasteiger partial charge in [0.05, 0.1) is 17.5 Å². The molecule has 0 saturated carbocycles. The third-order valence-corrected chi connectivity index (χ3v) is 4.53. The molecule has 2 aromatic carbocycles. The number of benzene rings is 2. The Morgan fingerprint density at radius 1 is 0.833 bits per heavy atom. The van der Waals surface area contributed by atoms with Gasteiger partial charge in [0.15, 0.2) is 0 Å². The molecular weight excluding hydrogens is 380 g/mol. The van der Waals surface area contributed by atoms with E-state index in [-0.39, 0.29) is 11.5 Å². The molecule has 2 N–H and O–H groups in total. The number of carbonyl (C=O) groups excluding carboxylic acids is 1. The van der Waals surface area contributed by atoms with E-state index in [4.69, 9.17) is 0 Å². The van der Waals surface area contributed by atoms with Crippen LogP contribution in [0.1, 0.15) is 26.4 Å². The van der Waals surface area contributed by atoms with E-state index < -0.39 is 5.97 Å². The molecule has 0 unspecified atom stereocenters. The number of aromatic carboxylic acids is 1. The summed E-state index contributed by atoms with van der Waals surface area (Å²) in [6.07, 6.45) is 7.12. The fourth-order valence-electron chi connectivity index (χ4n) is 3.06. The number of carboxylic acid groups (broad SMARTS) is 1. The SMILES string of the molecule is O=C(O)c1cccc(-n2cccc2/C=N/NC(=O)c2cccc(-n3cccc3)c2)c1. The molecule has 2 heterocycles. The minimum Gasteiger partial charge on any atom is -0.478 e. The second kappa shape index (κ2) is 8.32. The second-order valence-electron chi connectivity index (χ2n) is 6.50. The number of rotatable bonds is 6. The Balaban J connectivity index is 1.49. The van der Waals surface area contributed by atoms with E-state index in [0.717, 1.165) is 5.69 Å². The molecule has 0 bridgehead atoms.